The van der Waals surface area contributed by atoms with E-state index in [9.17, 15) is 9.59 Å². The molecule has 4 rings (SSSR count). The number of aromatic nitrogens is 4. The molecule has 1 amide bonds. The van der Waals surface area contributed by atoms with E-state index in [0.717, 1.165) is 22.4 Å². The molecule has 4 aromatic rings. The van der Waals surface area contributed by atoms with Crippen molar-refractivity contribution in [3.05, 3.63) is 76.1 Å². The van der Waals surface area contributed by atoms with Gasteiger partial charge in [-0.15, -0.1) is 0 Å². The number of carbonyl (C=O) groups excluding carboxylic acids is 1. The standard InChI is InChI=1S/C23H25N5O2/c1-5-24-22(29)19-11-16-17(12-27(3)23(30)21(16)25-19)18-13-28(4)26-20(18)14(2)15-9-7-6-8-10-15/h6-14,25H,5H2,1-4H3,(H,24,29). The molecule has 154 valence electrons. The Morgan fingerprint density at radius 3 is 2.60 bits per heavy atom. The number of hydrogen-bond acceptors (Lipinski definition) is 3. The van der Waals surface area contributed by atoms with Gasteiger partial charge in [0.15, 0.2) is 0 Å². The molecule has 0 spiro atoms. The highest BCUT2D eigenvalue weighted by molar-refractivity contribution is 6.02. The van der Waals surface area contributed by atoms with E-state index < -0.39 is 0 Å². The van der Waals surface area contributed by atoms with E-state index in [1.54, 1.807) is 22.4 Å². The fourth-order valence-electron chi connectivity index (χ4n) is 3.86. The minimum absolute atomic E-state index is 0.0662. The van der Waals surface area contributed by atoms with Gasteiger partial charge in [0.2, 0.25) is 0 Å². The quantitative estimate of drug-likeness (QED) is 0.537. The molecule has 2 N–H and O–H groups in total. The monoisotopic (exact) mass is 403 g/mol. The Morgan fingerprint density at radius 2 is 1.90 bits per heavy atom. The maximum atomic E-state index is 12.7. The lowest BCUT2D eigenvalue weighted by atomic mass is 9.92. The van der Waals surface area contributed by atoms with Crippen LogP contribution in [-0.2, 0) is 14.1 Å². The van der Waals surface area contributed by atoms with Gasteiger partial charge in [-0.25, -0.2) is 0 Å². The van der Waals surface area contributed by atoms with Gasteiger partial charge in [-0.1, -0.05) is 37.3 Å². The van der Waals surface area contributed by atoms with E-state index in [4.69, 9.17) is 5.10 Å². The predicted octanol–water partition coefficient (Wildman–Crippen LogP) is 3.17. The van der Waals surface area contributed by atoms with E-state index in [1.807, 2.05) is 44.6 Å². The van der Waals surface area contributed by atoms with Crippen molar-refractivity contribution in [2.45, 2.75) is 19.8 Å². The van der Waals surface area contributed by atoms with Gasteiger partial charge in [0.1, 0.15) is 11.2 Å². The third-order valence-corrected chi connectivity index (χ3v) is 5.40. The van der Waals surface area contributed by atoms with Crippen molar-refractivity contribution >= 4 is 16.8 Å². The topological polar surface area (TPSA) is 84.7 Å². The number of aryl methyl sites for hydroxylation is 2. The lowest BCUT2D eigenvalue weighted by molar-refractivity contribution is 0.0951. The highest BCUT2D eigenvalue weighted by Gasteiger charge is 2.22. The highest BCUT2D eigenvalue weighted by atomic mass is 16.2. The van der Waals surface area contributed by atoms with Crippen molar-refractivity contribution in [1.29, 1.82) is 0 Å². The Hall–Kier alpha value is -3.61. The summed E-state index contributed by atoms with van der Waals surface area (Å²) in [5, 5.41) is 8.23. The lowest BCUT2D eigenvalue weighted by Gasteiger charge is -2.13. The summed E-state index contributed by atoms with van der Waals surface area (Å²) < 4.78 is 3.33. The number of nitrogens with zero attached hydrogens (tertiary/aromatic N) is 3. The summed E-state index contributed by atoms with van der Waals surface area (Å²) in [7, 11) is 3.61. The number of rotatable bonds is 5. The molecular weight excluding hydrogens is 378 g/mol. The Labute approximate surface area is 174 Å². The van der Waals surface area contributed by atoms with Crippen LogP contribution < -0.4 is 10.9 Å². The second kappa shape index (κ2) is 7.67. The van der Waals surface area contributed by atoms with Crippen molar-refractivity contribution in [1.82, 2.24) is 24.6 Å². The van der Waals surface area contributed by atoms with E-state index >= 15 is 0 Å². The summed E-state index contributed by atoms with van der Waals surface area (Å²) >= 11 is 0. The average molecular weight is 403 g/mol. The minimum Gasteiger partial charge on any atom is -0.351 e. The molecule has 7 heteroatoms. The molecule has 3 heterocycles. The lowest BCUT2D eigenvalue weighted by Crippen LogP contribution is -2.23. The third-order valence-electron chi connectivity index (χ3n) is 5.40. The number of hydrogen-bond donors (Lipinski definition) is 2. The van der Waals surface area contributed by atoms with Crippen LogP contribution in [-0.4, -0.2) is 31.8 Å². The van der Waals surface area contributed by atoms with E-state index in [-0.39, 0.29) is 17.4 Å². The van der Waals surface area contributed by atoms with Gasteiger partial charge in [0.05, 0.1) is 5.69 Å². The zero-order valence-corrected chi connectivity index (χ0v) is 17.6. The predicted molar refractivity (Wildman–Crippen MR) is 118 cm³/mol. The normalized spacial score (nSPS) is 12.3. The van der Waals surface area contributed by atoms with Crippen LogP contribution in [0, 0.1) is 0 Å². The maximum Gasteiger partial charge on any atom is 0.274 e. The number of fused-ring (bicyclic) bond motifs is 1. The fourth-order valence-corrected chi connectivity index (χ4v) is 3.86. The smallest absolute Gasteiger partial charge is 0.274 e. The average Bonchev–Trinajstić information content (AvgIpc) is 3.35. The molecule has 0 saturated heterocycles. The Balaban J connectivity index is 1.93. The Bertz CT molecular complexity index is 1280. The van der Waals surface area contributed by atoms with Gasteiger partial charge in [-0.2, -0.15) is 5.10 Å². The first-order valence-corrected chi connectivity index (χ1v) is 10.00. The van der Waals surface area contributed by atoms with Gasteiger partial charge >= 0.3 is 0 Å². The SMILES string of the molecule is CCNC(=O)c1cc2c(-c3cn(C)nc3C(C)c3ccccc3)cn(C)c(=O)c2[nH]1. The largest absolute Gasteiger partial charge is 0.351 e. The van der Waals surface area contributed by atoms with Crippen molar-refractivity contribution in [3.63, 3.8) is 0 Å². The summed E-state index contributed by atoms with van der Waals surface area (Å²) in [6.45, 7) is 4.50. The first-order chi connectivity index (χ1) is 14.4. The van der Waals surface area contributed by atoms with Gasteiger partial charge in [-0.05, 0) is 18.6 Å². The van der Waals surface area contributed by atoms with Crippen molar-refractivity contribution in [2.75, 3.05) is 6.54 Å². The second-order valence-electron chi connectivity index (χ2n) is 7.52. The number of H-pyrrole nitrogens is 1. The summed E-state index contributed by atoms with van der Waals surface area (Å²) in [6, 6.07) is 12.0. The molecule has 0 aliphatic rings. The first-order valence-electron chi connectivity index (χ1n) is 10.00. The molecule has 30 heavy (non-hydrogen) atoms. The summed E-state index contributed by atoms with van der Waals surface area (Å²) in [5.41, 5.74) is 4.50. The summed E-state index contributed by atoms with van der Waals surface area (Å²) in [5.74, 6) is -0.165. The molecule has 1 unspecified atom stereocenters. The van der Waals surface area contributed by atoms with Crippen molar-refractivity contribution < 1.29 is 4.79 Å². The van der Waals surface area contributed by atoms with Crippen molar-refractivity contribution in [3.8, 4) is 11.1 Å². The van der Waals surface area contributed by atoms with Gasteiger partial charge < -0.3 is 14.9 Å². The molecule has 0 radical (unpaired) electrons. The molecule has 0 bridgehead atoms. The van der Waals surface area contributed by atoms with Gasteiger partial charge in [0.25, 0.3) is 11.5 Å². The Kier molecular flexibility index (Phi) is 5.03. The van der Waals surface area contributed by atoms with Gasteiger partial charge in [0, 0.05) is 55.5 Å². The van der Waals surface area contributed by atoms with E-state index in [2.05, 4.69) is 29.4 Å². The van der Waals surface area contributed by atoms with Crippen LogP contribution in [0.15, 0.2) is 53.6 Å². The molecule has 0 aliphatic carbocycles. The molecule has 7 nitrogen and oxygen atoms in total. The van der Waals surface area contributed by atoms with Crippen LogP contribution in [0.1, 0.15) is 41.5 Å². The summed E-state index contributed by atoms with van der Waals surface area (Å²) in [6.07, 6.45) is 3.78. The molecule has 0 aliphatic heterocycles. The molecule has 3 aromatic heterocycles. The third kappa shape index (κ3) is 3.32. The number of benzene rings is 1. The van der Waals surface area contributed by atoms with Crippen LogP contribution in [0.4, 0.5) is 0 Å². The van der Waals surface area contributed by atoms with E-state index in [1.165, 1.54) is 0 Å². The minimum atomic E-state index is -0.231. The van der Waals surface area contributed by atoms with Crippen LogP contribution >= 0.6 is 0 Å². The van der Waals surface area contributed by atoms with Crippen LogP contribution in [0.3, 0.4) is 0 Å². The number of carbonyl (C=O) groups is 1. The molecule has 1 atom stereocenters. The fraction of sp³-hybridized carbons (Fsp3) is 0.261. The number of aromatic amines is 1. The second-order valence-corrected chi connectivity index (χ2v) is 7.52. The molecule has 1 aromatic carbocycles. The van der Waals surface area contributed by atoms with Crippen molar-refractivity contribution in [2.24, 2.45) is 14.1 Å². The zero-order valence-electron chi connectivity index (χ0n) is 17.6. The first kappa shape index (κ1) is 19.7. The highest BCUT2D eigenvalue weighted by Crippen LogP contribution is 2.35. The zero-order chi connectivity index (χ0) is 21.4. The number of amides is 1. The van der Waals surface area contributed by atoms with E-state index in [0.29, 0.717) is 23.1 Å². The molecule has 0 saturated carbocycles. The maximum absolute atomic E-state index is 12.7. The molecule has 0 fully saturated rings. The van der Waals surface area contributed by atoms with Gasteiger partial charge in [-0.3, -0.25) is 14.3 Å². The molecular formula is C23H25N5O2. The van der Waals surface area contributed by atoms with Crippen LogP contribution in [0.25, 0.3) is 22.0 Å². The Morgan fingerprint density at radius 1 is 1.17 bits per heavy atom. The summed E-state index contributed by atoms with van der Waals surface area (Å²) in [4.78, 5) is 28.1. The number of pyridine rings is 1. The number of nitrogens with one attached hydrogen (secondary N) is 2. The van der Waals surface area contributed by atoms with Crippen LogP contribution in [0.5, 0.6) is 0 Å². The van der Waals surface area contributed by atoms with Crippen LogP contribution in [0.2, 0.25) is 0 Å².